The second-order valence-electron chi connectivity index (χ2n) is 5.42. The summed E-state index contributed by atoms with van der Waals surface area (Å²) in [7, 11) is -3.89. The van der Waals surface area contributed by atoms with E-state index in [-0.39, 0.29) is 35.3 Å². The molecule has 2 aromatic carbocycles. The van der Waals surface area contributed by atoms with Crippen LogP contribution in [0.3, 0.4) is 0 Å². The van der Waals surface area contributed by atoms with Gasteiger partial charge in [-0.15, -0.1) is 0 Å². The van der Waals surface area contributed by atoms with Crippen LogP contribution >= 0.6 is 0 Å². The third-order valence-corrected chi connectivity index (χ3v) is 4.80. The number of nitrogens with two attached hydrogens (primary N) is 1. The van der Waals surface area contributed by atoms with Crippen molar-refractivity contribution in [1.29, 1.82) is 0 Å². The molecule has 6 nitrogen and oxygen atoms in total. The molecule has 2 aromatic rings. The van der Waals surface area contributed by atoms with Gasteiger partial charge in [0.25, 0.3) is 10.1 Å². The Morgan fingerprint density at radius 3 is 2.67 bits per heavy atom. The van der Waals surface area contributed by atoms with Gasteiger partial charge in [0.1, 0.15) is 19.0 Å². The number of aryl methyl sites for hydroxylation is 1. The van der Waals surface area contributed by atoms with Crippen molar-refractivity contribution >= 4 is 15.8 Å². The first kappa shape index (κ1) is 16.5. The lowest BCUT2D eigenvalue weighted by Gasteiger charge is -2.26. The van der Waals surface area contributed by atoms with Crippen LogP contribution in [-0.4, -0.2) is 27.7 Å². The van der Waals surface area contributed by atoms with E-state index in [9.17, 15) is 12.8 Å². The molecule has 0 unspecified atom stereocenters. The van der Waals surface area contributed by atoms with Crippen LogP contribution < -0.4 is 15.2 Å². The molecule has 3 rings (SSSR count). The molecule has 0 bridgehead atoms. The van der Waals surface area contributed by atoms with Crippen LogP contribution in [0.5, 0.6) is 11.5 Å². The number of hydrogen-bond acceptors (Lipinski definition) is 6. The topological polar surface area (TPSA) is 87.9 Å². The Bertz CT molecular complexity index is 852. The van der Waals surface area contributed by atoms with Crippen molar-refractivity contribution in [2.45, 2.75) is 17.9 Å². The van der Waals surface area contributed by atoms with E-state index in [4.69, 9.17) is 19.4 Å². The molecule has 0 radical (unpaired) electrons. The quantitative estimate of drug-likeness (QED) is 0.670. The summed E-state index contributed by atoms with van der Waals surface area (Å²) in [6, 6.07) is 8.74. The van der Waals surface area contributed by atoms with Crippen LogP contribution in [0.2, 0.25) is 0 Å². The van der Waals surface area contributed by atoms with Crippen LogP contribution in [0.25, 0.3) is 0 Å². The summed E-state index contributed by atoms with van der Waals surface area (Å²) in [5, 5.41) is 0. The molecular formula is C16H16FNO5S. The van der Waals surface area contributed by atoms with Gasteiger partial charge in [-0.25, -0.2) is 4.39 Å². The Morgan fingerprint density at radius 2 is 1.96 bits per heavy atom. The van der Waals surface area contributed by atoms with Gasteiger partial charge in [0.2, 0.25) is 0 Å². The molecule has 0 saturated carbocycles. The summed E-state index contributed by atoms with van der Waals surface area (Å²) in [6.45, 7) is 1.67. The molecule has 0 spiro atoms. The normalized spacial score (nSPS) is 16.8. The zero-order chi connectivity index (χ0) is 17.3. The maximum Gasteiger partial charge on any atom is 0.297 e. The monoisotopic (exact) mass is 353 g/mol. The van der Waals surface area contributed by atoms with E-state index in [0.29, 0.717) is 0 Å². The molecule has 24 heavy (non-hydrogen) atoms. The smallest absolute Gasteiger partial charge is 0.297 e. The Morgan fingerprint density at radius 1 is 1.25 bits per heavy atom. The average Bonchev–Trinajstić information content (AvgIpc) is 2.54. The summed E-state index contributed by atoms with van der Waals surface area (Å²) in [4.78, 5) is 0.0662. The highest BCUT2D eigenvalue weighted by Gasteiger charge is 2.25. The van der Waals surface area contributed by atoms with Crippen molar-refractivity contribution in [3.05, 3.63) is 47.8 Å². The minimum atomic E-state index is -3.89. The molecule has 1 atom stereocenters. The van der Waals surface area contributed by atoms with E-state index in [2.05, 4.69) is 0 Å². The molecule has 0 aliphatic carbocycles. The summed E-state index contributed by atoms with van der Waals surface area (Å²) in [5.41, 5.74) is 6.35. The average molecular weight is 353 g/mol. The molecular weight excluding hydrogens is 337 g/mol. The molecule has 1 aliphatic heterocycles. The number of fused-ring (bicyclic) bond motifs is 1. The van der Waals surface area contributed by atoms with Crippen molar-refractivity contribution < 1.29 is 26.5 Å². The van der Waals surface area contributed by atoms with Crippen LogP contribution in [0.15, 0.2) is 41.3 Å². The minimum absolute atomic E-state index is 0.0414. The molecule has 0 saturated heterocycles. The summed E-state index contributed by atoms with van der Waals surface area (Å²) in [6.07, 6.45) is -0.650. The first-order valence-corrected chi connectivity index (χ1v) is 8.60. The van der Waals surface area contributed by atoms with Gasteiger partial charge >= 0.3 is 0 Å². The molecule has 128 valence electrons. The Hall–Kier alpha value is -2.32. The van der Waals surface area contributed by atoms with Gasteiger partial charge in [-0.3, -0.25) is 4.18 Å². The van der Waals surface area contributed by atoms with E-state index in [1.807, 2.05) is 6.92 Å². The van der Waals surface area contributed by atoms with Gasteiger partial charge in [-0.1, -0.05) is 17.7 Å². The van der Waals surface area contributed by atoms with Gasteiger partial charge in [-0.2, -0.15) is 8.42 Å². The Labute approximate surface area is 139 Å². The van der Waals surface area contributed by atoms with Gasteiger partial charge < -0.3 is 15.2 Å². The highest BCUT2D eigenvalue weighted by Crippen LogP contribution is 2.35. The van der Waals surface area contributed by atoms with Crippen LogP contribution in [0.4, 0.5) is 10.1 Å². The SMILES string of the molecule is Cc1ccc(S(=O)(=O)OC[C@H]2COc3cc(F)c(N)cc3O2)cc1. The van der Waals surface area contributed by atoms with Crippen molar-refractivity contribution in [1.82, 2.24) is 0 Å². The molecule has 8 heteroatoms. The summed E-state index contributed by atoms with van der Waals surface area (Å²) in [5.74, 6) is -0.130. The minimum Gasteiger partial charge on any atom is -0.486 e. The molecule has 0 aromatic heterocycles. The fourth-order valence-electron chi connectivity index (χ4n) is 2.17. The van der Waals surface area contributed by atoms with Crippen LogP contribution in [0, 0.1) is 12.7 Å². The highest BCUT2D eigenvalue weighted by atomic mass is 32.2. The largest absolute Gasteiger partial charge is 0.486 e. The third kappa shape index (κ3) is 3.44. The third-order valence-electron chi connectivity index (χ3n) is 3.50. The van der Waals surface area contributed by atoms with E-state index >= 15 is 0 Å². The van der Waals surface area contributed by atoms with Crippen LogP contribution in [0.1, 0.15) is 5.56 Å². The van der Waals surface area contributed by atoms with E-state index < -0.39 is 22.0 Å². The number of benzene rings is 2. The maximum absolute atomic E-state index is 13.4. The number of rotatable bonds is 4. The second kappa shape index (κ2) is 6.29. The zero-order valence-corrected chi connectivity index (χ0v) is 13.7. The van der Waals surface area contributed by atoms with E-state index in [1.54, 1.807) is 12.1 Å². The lowest BCUT2D eigenvalue weighted by Crippen LogP contribution is -2.34. The van der Waals surface area contributed by atoms with Gasteiger partial charge in [0.05, 0.1) is 10.6 Å². The summed E-state index contributed by atoms with van der Waals surface area (Å²) < 4.78 is 53.6. The van der Waals surface area contributed by atoms with Gasteiger partial charge in [0, 0.05) is 12.1 Å². The Balaban J connectivity index is 1.67. The number of anilines is 1. The second-order valence-corrected chi connectivity index (χ2v) is 7.04. The van der Waals surface area contributed by atoms with Crippen molar-refractivity contribution in [2.75, 3.05) is 18.9 Å². The van der Waals surface area contributed by atoms with Crippen LogP contribution in [-0.2, 0) is 14.3 Å². The van der Waals surface area contributed by atoms with Crippen molar-refractivity contribution in [3.63, 3.8) is 0 Å². The molecule has 0 amide bonds. The molecule has 1 heterocycles. The molecule has 2 N–H and O–H groups in total. The molecule has 0 fully saturated rings. The standard InChI is InChI=1S/C16H16FNO5S/c1-10-2-4-12(5-3-10)24(19,20)22-9-11-8-21-15-6-13(17)14(18)7-16(15)23-11/h2-7,11H,8-9,18H2,1H3/t11-/m1/s1. The van der Waals surface area contributed by atoms with Gasteiger partial charge in [-0.05, 0) is 19.1 Å². The first-order valence-electron chi connectivity index (χ1n) is 7.20. The fourth-order valence-corrected chi connectivity index (χ4v) is 3.11. The van der Waals surface area contributed by atoms with Crippen molar-refractivity contribution in [2.24, 2.45) is 0 Å². The maximum atomic E-state index is 13.4. The fraction of sp³-hybridized carbons (Fsp3) is 0.250. The predicted octanol–water partition coefficient (Wildman–Crippen LogP) is 2.26. The number of hydrogen-bond donors (Lipinski definition) is 1. The zero-order valence-electron chi connectivity index (χ0n) is 12.9. The van der Waals surface area contributed by atoms with Gasteiger partial charge in [0.15, 0.2) is 17.6 Å². The molecule has 1 aliphatic rings. The van der Waals surface area contributed by atoms with Crippen molar-refractivity contribution in [3.8, 4) is 11.5 Å². The number of halogens is 1. The predicted molar refractivity (Wildman–Crippen MR) is 85.0 cm³/mol. The summed E-state index contributed by atoms with van der Waals surface area (Å²) >= 11 is 0. The Kier molecular flexibility index (Phi) is 4.33. The lowest BCUT2D eigenvalue weighted by atomic mass is 10.2. The highest BCUT2D eigenvalue weighted by molar-refractivity contribution is 7.86. The van der Waals surface area contributed by atoms with E-state index in [0.717, 1.165) is 11.6 Å². The lowest BCUT2D eigenvalue weighted by molar-refractivity contribution is 0.0552. The number of nitrogen functional groups attached to an aromatic ring is 1. The number of ether oxygens (including phenoxy) is 2. The van der Waals surface area contributed by atoms with E-state index in [1.165, 1.54) is 18.2 Å². The first-order chi connectivity index (χ1) is 11.3.